The zero-order chi connectivity index (χ0) is 21.4. The van der Waals surface area contributed by atoms with Gasteiger partial charge in [-0.25, -0.2) is 18.1 Å². The highest BCUT2D eigenvalue weighted by Crippen LogP contribution is 2.20. The fourth-order valence-electron chi connectivity index (χ4n) is 4.10. The molecule has 31 heavy (non-hydrogen) atoms. The quantitative estimate of drug-likeness (QED) is 0.206. The van der Waals surface area contributed by atoms with Crippen molar-refractivity contribution in [3.63, 3.8) is 0 Å². The molecule has 176 valence electrons. The van der Waals surface area contributed by atoms with Crippen molar-refractivity contribution in [3.8, 4) is 0 Å². The molecule has 0 bridgehead atoms. The molecule has 1 aromatic rings. The Hall–Kier alpha value is -0.950. The molecule has 2 aliphatic rings. The minimum absolute atomic E-state index is 0. The second kappa shape index (κ2) is 12.9. The monoisotopic (exact) mass is 565 g/mol. The maximum atomic E-state index is 12.4. The molecule has 0 saturated carbocycles. The first-order valence-corrected chi connectivity index (χ1v) is 12.4. The van der Waals surface area contributed by atoms with E-state index < -0.39 is 10.0 Å². The Kier molecular flexibility index (Phi) is 11.0. The van der Waals surface area contributed by atoms with Crippen molar-refractivity contribution in [2.45, 2.75) is 43.7 Å². The van der Waals surface area contributed by atoms with Crippen LogP contribution in [-0.4, -0.2) is 83.2 Å². The van der Waals surface area contributed by atoms with E-state index in [1.807, 2.05) is 6.07 Å². The molecule has 0 aliphatic carbocycles. The van der Waals surface area contributed by atoms with E-state index in [0.29, 0.717) is 19.2 Å². The van der Waals surface area contributed by atoms with Gasteiger partial charge in [-0.1, -0.05) is 12.1 Å². The van der Waals surface area contributed by atoms with Crippen molar-refractivity contribution in [1.82, 2.24) is 19.8 Å². The molecule has 1 aromatic carbocycles. The molecule has 2 aliphatic heterocycles. The molecule has 2 N–H and O–H groups in total. The molecule has 0 amide bonds. The fourth-order valence-corrected chi connectivity index (χ4v) is 5.19. The number of rotatable bonds is 9. The van der Waals surface area contributed by atoms with Crippen molar-refractivity contribution < 1.29 is 13.2 Å². The Morgan fingerprint density at radius 2 is 2.03 bits per heavy atom. The molecule has 1 atom stereocenters. The Labute approximate surface area is 203 Å². The van der Waals surface area contributed by atoms with Crippen LogP contribution < -0.4 is 10.0 Å². The second-order valence-electron chi connectivity index (χ2n) is 7.84. The summed E-state index contributed by atoms with van der Waals surface area (Å²) in [7, 11) is -2.00. The molecule has 0 aromatic heterocycles. The Bertz CT molecular complexity index is 815. The molecule has 10 heteroatoms. The van der Waals surface area contributed by atoms with Crippen LogP contribution in [0.15, 0.2) is 34.2 Å². The maximum absolute atomic E-state index is 12.4. The van der Waals surface area contributed by atoms with E-state index in [9.17, 15) is 8.42 Å². The average molecular weight is 566 g/mol. The number of guanidine groups is 1. The van der Waals surface area contributed by atoms with Gasteiger partial charge in [0.1, 0.15) is 0 Å². The molecule has 1 unspecified atom stereocenters. The first-order chi connectivity index (χ1) is 14.5. The number of likely N-dealkylation sites (tertiary alicyclic amines) is 2. The summed E-state index contributed by atoms with van der Waals surface area (Å²) in [6, 6.07) is 7.59. The summed E-state index contributed by atoms with van der Waals surface area (Å²) in [4.78, 5) is 10.00. The molecule has 0 radical (unpaired) electrons. The summed E-state index contributed by atoms with van der Waals surface area (Å²) in [5.74, 6) is 0.908. The van der Waals surface area contributed by atoms with Crippen LogP contribution >= 0.6 is 24.0 Å². The summed E-state index contributed by atoms with van der Waals surface area (Å²) >= 11 is 0. The van der Waals surface area contributed by atoms with Crippen LogP contribution in [0, 0.1) is 0 Å². The molecular formula is C21H36IN5O3S. The highest BCUT2D eigenvalue weighted by molar-refractivity contribution is 14.0. The predicted molar refractivity (Wildman–Crippen MR) is 135 cm³/mol. The summed E-state index contributed by atoms with van der Waals surface area (Å²) in [6.07, 6.45) is 3.79. The summed E-state index contributed by atoms with van der Waals surface area (Å²) in [6.45, 7) is 8.34. The van der Waals surface area contributed by atoms with E-state index >= 15 is 0 Å². The Balaban J connectivity index is 0.00000341. The topological polar surface area (TPSA) is 86.3 Å². The largest absolute Gasteiger partial charge is 0.383 e. The van der Waals surface area contributed by atoms with E-state index in [2.05, 4.69) is 26.8 Å². The van der Waals surface area contributed by atoms with Crippen molar-refractivity contribution >= 4 is 40.0 Å². The zero-order valence-electron chi connectivity index (χ0n) is 18.5. The lowest BCUT2D eigenvalue weighted by molar-refractivity contribution is 0.204. The van der Waals surface area contributed by atoms with Gasteiger partial charge in [0.15, 0.2) is 5.96 Å². The number of aliphatic imine (C=N–C) groups is 1. The lowest BCUT2D eigenvalue weighted by atomic mass is 10.2. The van der Waals surface area contributed by atoms with Gasteiger partial charge in [0.2, 0.25) is 10.0 Å². The van der Waals surface area contributed by atoms with E-state index in [-0.39, 0.29) is 35.4 Å². The van der Waals surface area contributed by atoms with E-state index in [0.717, 1.165) is 31.2 Å². The standard InChI is InChI=1S/C21H35N5O3S.HI/c1-3-22-21(26-13-9-19(17-26)25-11-4-5-12-25)23-16-18-7-6-8-20(15-18)30(27,28)24-10-14-29-2;/h6-8,15,19,24H,3-5,9-14,16-17H2,1-2H3,(H,22,23);1H. The van der Waals surface area contributed by atoms with Gasteiger partial charge < -0.3 is 15.0 Å². The van der Waals surface area contributed by atoms with Crippen LogP contribution in [0.4, 0.5) is 0 Å². The molecule has 0 spiro atoms. The zero-order valence-corrected chi connectivity index (χ0v) is 21.7. The number of sulfonamides is 1. The molecular weight excluding hydrogens is 529 g/mol. The molecule has 2 fully saturated rings. The Morgan fingerprint density at radius 1 is 1.26 bits per heavy atom. The highest BCUT2D eigenvalue weighted by Gasteiger charge is 2.30. The first kappa shape index (κ1) is 26.3. The van der Waals surface area contributed by atoms with Gasteiger partial charge >= 0.3 is 0 Å². The lowest BCUT2D eigenvalue weighted by Crippen LogP contribution is -2.42. The molecule has 2 heterocycles. The van der Waals surface area contributed by atoms with Crippen LogP contribution in [-0.2, 0) is 21.3 Å². The van der Waals surface area contributed by atoms with Gasteiger partial charge in [-0.05, 0) is 57.0 Å². The highest BCUT2D eigenvalue weighted by atomic mass is 127. The average Bonchev–Trinajstić information content (AvgIpc) is 3.43. The van der Waals surface area contributed by atoms with Gasteiger partial charge in [-0.15, -0.1) is 24.0 Å². The Morgan fingerprint density at radius 3 is 2.74 bits per heavy atom. The van der Waals surface area contributed by atoms with Gasteiger partial charge in [0.25, 0.3) is 0 Å². The van der Waals surface area contributed by atoms with Gasteiger partial charge in [-0.2, -0.15) is 0 Å². The van der Waals surface area contributed by atoms with E-state index in [4.69, 9.17) is 9.73 Å². The van der Waals surface area contributed by atoms with Gasteiger partial charge in [-0.3, -0.25) is 4.90 Å². The third-order valence-electron chi connectivity index (χ3n) is 5.67. The van der Waals surface area contributed by atoms with Crippen LogP contribution in [0.1, 0.15) is 31.7 Å². The number of ether oxygens (including phenoxy) is 1. The smallest absolute Gasteiger partial charge is 0.240 e. The van der Waals surface area contributed by atoms with E-state index in [1.165, 1.54) is 32.4 Å². The van der Waals surface area contributed by atoms with Crippen molar-refractivity contribution in [1.29, 1.82) is 0 Å². The fraction of sp³-hybridized carbons (Fsp3) is 0.667. The number of hydrogen-bond acceptors (Lipinski definition) is 5. The SMILES string of the molecule is CCNC(=NCc1cccc(S(=O)(=O)NCCOC)c1)N1CCC(N2CCCC2)C1.I. The van der Waals surface area contributed by atoms with Crippen LogP contribution in [0.25, 0.3) is 0 Å². The molecule has 8 nitrogen and oxygen atoms in total. The number of nitrogens with zero attached hydrogens (tertiary/aromatic N) is 3. The minimum atomic E-state index is -3.55. The maximum Gasteiger partial charge on any atom is 0.240 e. The van der Waals surface area contributed by atoms with E-state index in [1.54, 1.807) is 25.3 Å². The molecule has 2 saturated heterocycles. The minimum Gasteiger partial charge on any atom is -0.383 e. The normalized spacial score (nSPS) is 20.1. The van der Waals surface area contributed by atoms with Crippen LogP contribution in [0.2, 0.25) is 0 Å². The summed E-state index contributed by atoms with van der Waals surface area (Å²) in [5, 5.41) is 3.40. The number of hydrogen-bond donors (Lipinski definition) is 2. The number of methoxy groups -OCH3 is 1. The first-order valence-electron chi connectivity index (χ1n) is 10.9. The number of nitrogens with one attached hydrogen (secondary N) is 2. The molecule has 3 rings (SSSR count). The number of halogens is 1. The van der Waals surface area contributed by atoms with Crippen LogP contribution in [0.3, 0.4) is 0 Å². The van der Waals surface area contributed by atoms with Crippen LogP contribution in [0.5, 0.6) is 0 Å². The summed E-state index contributed by atoms with van der Waals surface area (Å²) in [5.41, 5.74) is 0.871. The third kappa shape index (κ3) is 7.55. The predicted octanol–water partition coefficient (Wildman–Crippen LogP) is 1.86. The second-order valence-corrected chi connectivity index (χ2v) is 9.61. The van der Waals surface area contributed by atoms with Crippen molar-refractivity contribution in [2.24, 2.45) is 4.99 Å². The summed E-state index contributed by atoms with van der Waals surface area (Å²) < 4.78 is 32.4. The van der Waals surface area contributed by atoms with Gasteiger partial charge in [0.05, 0.1) is 18.0 Å². The van der Waals surface area contributed by atoms with Gasteiger partial charge in [0, 0.05) is 39.3 Å². The van der Waals surface area contributed by atoms with Crippen molar-refractivity contribution in [3.05, 3.63) is 29.8 Å². The lowest BCUT2D eigenvalue weighted by Gasteiger charge is -2.25. The third-order valence-corrected chi connectivity index (χ3v) is 7.13. The number of benzene rings is 1. The van der Waals surface area contributed by atoms with Crippen molar-refractivity contribution in [2.75, 3.05) is 53.0 Å².